The molecule has 0 radical (unpaired) electrons. The molecular formula is C6H13NO. The van der Waals surface area contributed by atoms with Crippen LogP contribution >= 0.6 is 0 Å². The minimum absolute atomic E-state index is 0.341. The van der Waals surface area contributed by atoms with Gasteiger partial charge in [-0.2, -0.15) is 0 Å². The maximum atomic E-state index is 8.70. The topological polar surface area (TPSA) is 32.3 Å². The molecule has 8 heavy (non-hydrogen) atoms. The highest BCUT2D eigenvalue weighted by Crippen LogP contribution is 2.12. The third-order valence-electron chi connectivity index (χ3n) is 1.92. The van der Waals surface area contributed by atoms with Gasteiger partial charge < -0.3 is 10.4 Å². The molecule has 0 aliphatic carbocycles. The molecule has 0 amide bonds. The minimum atomic E-state index is 0.341. The monoisotopic (exact) mass is 115 g/mol. The van der Waals surface area contributed by atoms with E-state index in [-0.39, 0.29) is 0 Å². The highest BCUT2D eigenvalue weighted by atomic mass is 16.3. The molecule has 2 atom stereocenters. The summed E-state index contributed by atoms with van der Waals surface area (Å²) >= 11 is 0. The van der Waals surface area contributed by atoms with Gasteiger partial charge in [-0.25, -0.2) is 0 Å². The summed E-state index contributed by atoms with van der Waals surface area (Å²) < 4.78 is 0. The largest absolute Gasteiger partial charge is 0.396 e. The van der Waals surface area contributed by atoms with Crippen molar-refractivity contribution in [2.45, 2.75) is 19.4 Å². The van der Waals surface area contributed by atoms with Crippen LogP contribution in [-0.4, -0.2) is 24.3 Å². The number of rotatable bonds is 1. The average molecular weight is 115 g/mol. The molecule has 0 aromatic heterocycles. The Labute approximate surface area is 49.9 Å². The quantitative estimate of drug-likeness (QED) is 0.503. The van der Waals surface area contributed by atoms with Gasteiger partial charge in [0.2, 0.25) is 0 Å². The van der Waals surface area contributed by atoms with Gasteiger partial charge in [-0.05, 0) is 25.8 Å². The summed E-state index contributed by atoms with van der Waals surface area (Å²) in [6.45, 7) is 3.54. The third-order valence-corrected chi connectivity index (χ3v) is 1.92. The molecule has 1 fully saturated rings. The number of aliphatic hydroxyl groups excluding tert-OH is 1. The summed E-state index contributed by atoms with van der Waals surface area (Å²) in [4.78, 5) is 0. The molecule has 48 valence electrons. The van der Waals surface area contributed by atoms with Crippen molar-refractivity contribution >= 4 is 0 Å². The van der Waals surface area contributed by atoms with Crippen molar-refractivity contribution < 1.29 is 5.11 Å². The molecule has 1 heterocycles. The molecule has 0 unspecified atom stereocenters. The maximum absolute atomic E-state index is 8.70. The van der Waals surface area contributed by atoms with Gasteiger partial charge >= 0.3 is 0 Å². The zero-order valence-electron chi connectivity index (χ0n) is 5.22. The fourth-order valence-electron chi connectivity index (χ4n) is 1.16. The van der Waals surface area contributed by atoms with E-state index in [0.717, 1.165) is 13.0 Å². The molecule has 0 saturated carbocycles. The molecule has 0 bridgehead atoms. The molecule has 1 aliphatic rings. The normalized spacial score (nSPS) is 38.2. The van der Waals surface area contributed by atoms with Crippen molar-refractivity contribution in [3.05, 3.63) is 0 Å². The van der Waals surface area contributed by atoms with E-state index in [1.54, 1.807) is 0 Å². The zero-order chi connectivity index (χ0) is 5.98. The molecular weight excluding hydrogens is 102 g/mol. The zero-order valence-corrected chi connectivity index (χ0v) is 5.22. The van der Waals surface area contributed by atoms with E-state index in [1.165, 1.54) is 0 Å². The Hall–Kier alpha value is -0.0800. The van der Waals surface area contributed by atoms with Crippen molar-refractivity contribution in [1.29, 1.82) is 0 Å². The molecule has 0 aromatic rings. The number of aliphatic hydroxyl groups is 1. The number of hydrogen-bond acceptors (Lipinski definition) is 2. The van der Waals surface area contributed by atoms with E-state index < -0.39 is 0 Å². The standard InChI is InChI=1S/C6H13NO/c1-5-6(4-8)2-3-7-5/h5-8H,2-4H2,1H3/t5-,6-/m1/s1. The molecule has 0 aromatic carbocycles. The second kappa shape index (κ2) is 2.46. The lowest BCUT2D eigenvalue weighted by molar-refractivity contribution is 0.218. The maximum Gasteiger partial charge on any atom is 0.0474 e. The van der Waals surface area contributed by atoms with E-state index in [9.17, 15) is 0 Å². The van der Waals surface area contributed by atoms with E-state index in [1.807, 2.05) is 0 Å². The number of hydrogen-bond donors (Lipinski definition) is 2. The Bertz CT molecular complexity index is 74.9. The molecule has 0 spiro atoms. The molecule has 2 N–H and O–H groups in total. The predicted octanol–water partition coefficient (Wildman–Crippen LogP) is -0.0233. The van der Waals surface area contributed by atoms with Crippen LogP contribution in [0.2, 0.25) is 0 Å². The molecule has 1 aliphatic heterocycles. The van der Waals surface area contributed by atoms with Gasteiger partial charge in [0.1, 0.15) is 0 Å². The van der Waals surface area contributed by atoms with Crippen molar-refractivity contribution in [3.8, 4) is 0 Å². The lowest BCUT2D eigenvalue weighted by Crippen LogP contribution is -2.24. The van der Waals surface area contributed by atoms with Gasteiger partial charge in [-0.1, -0.05) is 0 Å². The SMILES string of the molecule is C[C@H]1NCC[C@@H]1CO. The van der Waals surface area contributed by atoms with Gasteiger partial charge in [0, 0.05) is 12.6 Å². The first kappa shape index (κ1) is 6.05. The Morgan fingerprint density at radius 3 is 2.75 bits per heavy atom. The fraction of sp³-hybridized carbons (Fsp3) is 1.00. The van der Waals surface area contributed by atoms with Crippen LogP contribution < -0.4 is 5.32 Å². The van der Waals surface area contributed by atoms with Gasteiger partial charge in [0.25, 0.3) is 0 Å². The van der Waals surface area contributed by atoms with Crippen LogP contribution in [0.15, 0.2) is 0 Å². The van der Waals surface area contributed by atoms with Crippen molar-refractivity contribution in [1.82, 2.24) is 5.32 Å². The summed E-state index contributed by atoms with van der Waals surface area (Å²) in [5.41, 5.74) is 0. The fourth-order valence-corrected chi connectivity index (χ4v) is 1.16. The third kappa shape index (κ3) is 1.01. The number of nitrogens with one attached hydrogen (secondary N) is 1. The van der Waals surface area contributed by atoms with Crippen LogP contribution in [0.4, 0.5) is 0 Å². The van der Waals surface area contributed by atoms with Crippen LogP contribution in [0, 0.1) is 5.92 Å². The van der Waals surface area contributed by atoms with Crippen molar-refractivity contribution in [3.63, 3.8) is 0 Å². The summed E-state index contributed by atoms with van der Waals surface area (Å²) in [7, 11) is 0. The van der Waals surface area contributed by atoms with Crippen LogP contribution in [0.25, 0.3) is 0 Å². The van der Waals surface area contributed by atoms with Crippen LogP contribution in [0.5, 0.6) is 0 Å². The van der Waals surface area contributed by atoms with Crippen molar-refractivity contribution in [2.24, 2.45) is 5.92 Å². The van der Waals surface area contributed by atoms with Crippen LogP contribution in [-0.2, 0) is 0 Å². The van der Waals surface area contributed by atoms with E-state index >= 15 is 0 Å². The molecule has 2 heteroatoms. The molecule has 2 nitrogen and oxygen atoms in total. The first-order valence-corrected chi connectivity index (χ1v) is 3.19. The smallest absolute Gasteiger partial charge is 0.0474 e. The Kier molecular flexibility index (Phi) is 1.86. The van der Waals surface area contributed by atoms with Gasteiger partial charge in [-0.3, -0.25) is 0 Å². The van der Waals surface area contributed by atoms with E-state index in [2.05, 4.69) is 12.2 Å². The van der Waals surface area contributed by atoms with Crippen LogP contribution in [0.1, 0.15) is 13.3 Å². The summed E-state index contributed by atoms with van der Waals surface area (Å²) in [5, 5.41) is 12.0. The second-order valence-electron chi connectivity index (χ2n) is 2.47. The van der Waals surface area contributed by atoms with E-state index in [0.29, 0.717) is 18.6 Å². The highest BCUT2D eigenvalue weighted by Gasteiger charge is 2.20. The van der Waals surface area contributed by atoms with Gasteiger partial charge in [-0.15, -0.1) is 0 Å². The minimum Gasteiger partial charge on any atom is -0.396 e. The van der Waals surface area contributed by atoms with E-state index in [4.69, 9.17) is 5.11 Å². The Morgan fingerprint density at radius 1 is 1.75 bits per heavy atom. The first-order chi connectivity index (χ1) is 3.84. The summed E-state index contributed by atoms with van der Waals surface area (Å²) in [5.74, 6) is 0.509. The molecule has 1 rings (SSSR count). The van der Waals surface area contributed by atoms with Gasteiger partial charge in [0.05, 0.1) is 0 Å². The summed E-state index contributed by atoms with van der Waals surface area (Å²) in [6.07, 6.45) is 1.14. The lowest BCUT2D eigenvalue weighted by atomic mass is 10.0. The Balaban J connectivity index is 2.30. The lowest BCUT2D eigenvalue weighted by Gasteiger charge is -2.09. The molecule has 1 saturated heterocycles. The van der Waals surface area contributed by atoms with Crippen molar-refractivity contribution in [2.75, 3.05) is 13.2 Å². The highest BCUT2D eigenvalue weighted by molar-refractivity contribution is 4.78. The first-order valence-electron chi connectivity index (χ1n) is 3.19. The van der Waals surface area contributed by atoms with Gasteiger partial charge in [0.15, 0.2) is 0 Å². The predicted molar refractivity (Wildman–Crippen MR) is 32.7 cm³/mol. The summed E-state index contributed by atoms with van der Waals surface area (Å²) in [6, 6.07) is 0.528. The van der Waals surface area contributed by atoms with Crippen LogP contribution in [0.3, 0.4) is 0 Å². The second-order valence-corrected chi connectivity index (χ2v) is 2.47. The Morgan fingerprint density at radius 2 is 2.50 bits per heavy atom. The average Bonchev–Trinajstić information content (AvgIpc) is 2.14.